The van der Waals surface area contributed by atoms with E-state index in [0.717, 1.165) is 12.1 Å². The molecule has 0 spiro atoms. The van der Waals surface area contributed by atoms with Crippen molar-refractivity contribution in [2.45, 2.75) is 46.7 Å². The smallest absolute Gasteiger partial charge is 0.335 e. The Morgan fingerprint density at radius 2 is 1.95 bits per heavy atom. The van der Waals surface area contributed by atoms with E-state index in [9.17, 15) is 4.79 Å². The first kappa shape index (κ1) is 15.7. The number of benzene rings is 1. The van der Waals surface area contributed by atoms with Crippen molar-refractivity contribution in [2.24, 2.45) is 5.92 Å². The van der Waals surface area contributed by atoms with Crippen LogP contribution in [-0.2, 0) is 6.54 Å². The molecule has 19 heavy (non-hydrogen) atoms. The van der Waals surface area contributed by atoms with E-state index in [-0.39, 0.29) is 0 Å². The molecule has 0 aliphatic heterocycles. The molecule has 0 saturated heterocycles. The quantitative estimate of drug-likeness (QED) is 0.853. The summed E-state index contributed by atoms with van der Waals surface area (Å²) < 4.78 is 0. The van der Waals surface area contributed by atoms with Gasteiger partial charge in [-0.2, -0.15) is 0 Å². The Bertz CT molecular complexity index is 440. The van der Waals surface area contributed by atoms with Gasteiger partial charge in [0.25, 0.3) is 0 Å². The van der Waals surface area contributed by atoms with Crippen LogP contribution in [0.4, 0.5) is 0 Å². The Labute approximate surface area is 116 Å². The van der Waals surface area contributed by atoms with Crippen LogP contribution >= 0.6 is 0 Å². The van der Waals surface area contributed by atoms with Gasteiger partial charge in [-0.1, -0.05) is 19.9 Å². The molecule has 3 nitrogen and oxygen atoms in total. The van der Waals surface area contributed by atoms with Gasteiger partial charge in [0, 0.05) is 12.6 Å². The van der Waals surface area contributed by atoms with Crippen LogP contribution in [-0.4, -0.2) is 29.1 Å². The summed E-state index contributed by atoms with van der Waals surface area (Å²) in [5.41, 5.74) is 2.60. The minimum atomic E-state index is -0.865. The molecule has 1 atom stereocenters. The molecular formula is C16H25NO2. The van der Waals surface area contributed by atoms with Crippen LogP contribution in [0.3, 0.4) is 0 Å². The molecule has 3 heteroatoms. The first-order valence-corrected chi connectivity index (χ1v) is 6.84. The first-order valence-electron chi connectivity index (χ1n) is 6.84. The average molecular weight is 263 g/mol. The summed E-state index contributed by atoms with van der Waals surface area (Å²) >= 11 is 0. The third-order valence-corrected chi connectivity index (χ3v) is 3.57. The lowest BCUT2D eigenvalue weighted by atomic mass is 10.0. The number of hydrogen-bond acceptors (Lipinski definition) is 2. The second-order valence-corrected chi connectivity index (χ2v) is 5.84. The summed E-state index contributed by atoms with van der Waals surface area (Å²) in [6.07, 6.45) is 1.17. The molecule has 0 aliphatic rings. The Morgan fingerprint density at radius 3 is 2.42 bits per heavy atom. The van der Waals surface area contributed by atoms with Gasteiger partial charge in [-0.15, -0.1) is 0 Å². The van der Waals surface area contributed by atoms with Crippen LogP contribution in [0.5, 0.6) is 0 Å². The average Bonchev–Trinajstić information content (AvgIpc) is 2.30. The number of aryl methyl sites for hydroxylation is 1. The zero-order chi connectivity index (χ0) is 14.6. The molecule has 0 fully saturated rings. The topological polar surface area (TPSA) is 40.5 Å². The highest BCUT2D eigenvalue weighted by Gasteiger charge is 2.13. The van der Waals surface area contributed by atoms with E-state index in [1.165, 1.54) is 12.0 Å². The molecule has 0 heterocycles. The van der Waals surface area contributed by atoms with Crippen LogP contribution in [0, 0.1) is 12.8 Å². The van der Waals surface area contributed by atoms with Gasteiger partial charge in [-0.05, 0) is 56.5 Å². The predicted molar refractivity (Wildman–Crippen MR) is 78.5 cm³/mol. The van der Waals surface area contributed by atoms with Gasteiger partial charge in [0.15, 0.2) is 0 Å². The van der Waals surface area contributed by atoms with E-state index in [1.807, 2.05) is 13.0 Å². The molecule has 106 valence electrons. The fourth-order valence-electron chi connectivity index (χ4n) is 2.29. The number of hydrogen-bond donors (Lipinski definition) is 1. The van der Waals surface area contributed by atoms with Crippen LogP contribution in [0.25, 0.3) is 0 Å². The highest BCUT2D eigenvalue weighted by Crippen LogP contribution is 2.16. The van der Waals surface area contributed by atoms with Crippen LogP contribution in [0.15, 0.2) is 18.2 Å². The number of aromatic carboxylic acids is 1. The molecule has 0 amide bonds. The number of carboxylic acid groups (broad SMARTS) is 1. The van der Waals surface area contributed by atoms with Gasteiger partial charge in [0.1, 0.15) is 0 Å². The van der Waals surface area contributed by atoms with Gasteiger partial charge < -0.3 is 5.11 Å². The molecule has 0 saturated carbocycles. The molecule has 0 aromatic heterocycles. The molecule has 1 aromatic rings. The van der Waals surface area contributed by atoms with Crippen LogP contribution < -0.4 is 0 Å². The SMILES string of the molecule is Cc1cc(C(=O)O)ccc1CN(C)C(C)CC(C)C. The van der Waals surface area contributed by atoms with Crippen LogP contribution in [0.2, 0.25) is 0 Å². The van der Waals surface area contributed by atoms with Gasteiger partial charge in [0.05, 0.1) is 5.56 Å². The summed E-state index contributed by atoms with van der Waals surface area (Å²) in [6, 6.07) is 5.89. The molecule has 0 bridgehead atoms. The summed E-state index contributed by atoms with van der Waals surface area (Å²) in [5, 5.41) is 8.96. The van der Waals surface area contributed by atoms with Crippen molar-refractivity contribution in [1.29, 1.82) is 0 Å². The van der Waals surface area contributed by atoms with E-state index in [2.05, 4.69) is 32.7 Å². The number of nitrogens with zero attached hydrogens (tertiary/aromatic N) is 1. The molecular weight excluding hydrogens is 238 g/mol. The Balaban J connectivity index is 2.74. The molecule has 1 unspecified atom stereocenters. The molecule has 0 radical (unpaired) electrons. The third kappa shape index (κ3) is 4.67. The predicted octanol–water partition coefficient (Wildman–Crippen LogP) is 3.56. The minimum absolute atomic E-state index is 0.360. The maximum Gasteiger partial charge on any atom is 0.335 e. The zero-order valence-corrected chi connectivity index (χ0v) is 12.6. The van der Waals surface area contributed by atoms with E-state index in [1.54, 1.807) is 12.1 Å². The Kier molecular flexibility index (Phi) is 5.55. The highest BCUT2D eigenvalue weighted by atomic mass is 16.4. The fourth-order valence-corrected chi connectivity index (χ4v) is 2.29. The Morgan fingerprint density at radius 1 is 1.32 bits per heavy atom. The Hall–Kier alpha value is -1.35. The van der Waals surface area contributed by atoms with Crippen molar-refractivity contribution in [3.63, 3.8) is 0 Å². The minimum Gasteiger partial charge on any atom is -0.478 e. The summed E-state index contributed by atoms with van der Waals surface area (Å²) in [6.45, 7) is 9.54. The fraction of sp³-hybridized carbons (Fsp3) is 0.562. The largest absolute Gasteiger partial charge is 0.478 e. The van der Waals surface area contributed by atoms with Crippen molar-refractivity contribution >= 4 is 5.97 Å². The van der Waals surface area contributed by atoms with E-state index >= 15 is 0 Å². The summed E-state index contributed by atoms with van der Waals surface area (Å²) in [4.78, 5) is 13.2. The van der Waals surface area contributed by atoms with Gasteiger partial charge in [-0.25, -0.2) is 4.79 Å². The highest BCUT2D eigenvalue weighted by molar-refractivity contribution is 5.87. The lowest BCUT2D eigenvalue weighted by Crippen LogP contribution is -2.30. The van der Waals surface area contributed by atoms with E-state index < -0.39 is 5.97 Å². The van der Waals surface area contributed by atoms with Gasteiger partial charge in [-0.3, -0.25) is 4.90 Å². The lowest BCUT2D eigenvalue weighted by molar-refractivity contribution is 0.0696. The molecule has 1 aromatic carbocycles. The van der Waals surface area contributed by atoms with E-state index in [4.69, 9.17) is 5.11 Å². The van der Waals surface area contributed by atoms with Crippen molar-refractivity contribution < 1.29 is 9.90 Å². The standard InChI is InChI=1S/C16H25NO2/c1-11(2)8-13(4)17(5)10-15-7-6-14(16(18)19)9-12(15)3/h6-7,9,11,13H,8,10H2,1-5H3,(H,18,19). The van der Waals surface area contributed by atoms with Gasteiger partial charge >= 0.3 is 5.97 Å². The molecule has 1 N–H and O–H groups in total. The third-order valence-electron chi connectivity index (χ3n) is 3.57. The zero-order valence-electron chi connectivity index (χ0n) is 12.6. The normalized spacial score (nSPS) is 13.0. The second-order valence-electron chi connectivity index (χ2n) is 5.84. The molecule has 1 rings (SSSR count). The van der Waals surface area contributed by atoms with Crippen molar-refractivity contribution in [2.75, 3.05) is 7.05 Å². The number of carboxylic acids is 1. The van der Waals surface area contributed by atoms with Crippen LogP contribution in [0.1, 0.15) is 48.7 Å². The monoisotopic (exact) mass is 263 g/mol. The van der Waals surface area contributed by atoms with E-state index in [0.29, 0.717) is 17.5 Å². The lowest BCUT2D eigenvalue weighted by Gasteiger charge is -2.26. The van der Waals surface area contributed by atoms with Gasteiger partial charge in [0.2, 0.25) is 0 Å². The van der Waals surface area contributed by atoms with Crippen molar-refractivity contribution in [3.05, 3.63) is 34.9 Å². The molecule has 0 aliphatic carbocycles. The maximum atomic E-state index is 10.9. The second kappa shape index (κ2) is 6.71. The number of rotatable bonds is 6. The van der Waals surface area contributed by atoms with Crippen molar-refractivity contribution in [1.82, 2.24) is 4.90 Å². The first-order chi connectivity index (χ1) is 8.81. The maximum absolute atomic E-state index is 10.9. The summed E-state index contributed by atoms with van der Waals surface area (Å²) in [5.74, 6) is -0.177. The number of carbonyl (C=O) groups is 1. The summed E-state index contributed by atoms with van der Waals surface area (Å²) in [7, 11) is 2.12. The van der Waals surface area contributed by atoms with Crippen molar-refractivity contribution in [3.8, 4) is 0 Å².